The van der Waals surface area contributed by atoms with Crippen LogP contribution in [0.4, 0.5) is 0 Å². The van der Waals surface area contributed by atoms with Gasteiger partial charge in [0, 0.05) is 38.3 Å². The van der Waals surface area contributed by atoms with Gasteiger partial charge < -0.3 is 4.42 Å². The van der Waals surface area contributed by atoms with Crippen molar-refractivity contribution >= 4 is 33.1 Å². The Morgan fingerprint density at radius 3 is 1.93 bits per heavy atom. The molecule has 0 amide bonds. The van der Waals surface area contributed by atoms with Crippen molar-refractivity contribution in [1.29, 1.82) is 0 Å². The molecule has 2 spiro atoms. The number of furan rings is 1. The zero-order valence-electron chi connectivity index (χ0n) is 38.9. The van der Waals surface area contributed by atoms with Crippen LogP contribution in [-0.2, 0) is 10.8 Å². The van der Waals surface area contributed by atoms with Crippen molar-refractivity contribution in [3.05, 3.63) is 179 Å². The molecule has 0 saturated heterocycles. The van der Waals surface area contributed by atoms with Gasteiger partial charge in [0.25, 0.3) is 0 Å². The Hall–Kier alpha value is -6.58. The SMILES string of the molecule is C1=C2C(=CCC1)C1(CCCCC1)c1cc3c(cc12)C1(CCCCC1)c1ccc(-c2ccc4oc5c(-c6nc(C7=CC8CC8CC7)c(-c7ccccc7)nc6-c6ccccc6)cccc5c4c2)cc1-3. The second-order valence-corrected chi connectivity index (χ2v) is 21.5. The van der Waals surface area contributed by atoms with Gasteiger partial charge >= 0.3 is 0 Å². The molecule has 15 rings (SSSR count). The van der Waals surface area contributed by atoms with Crippen LogP contribution < -0.4 is 0 Å². The fourth-order valence-corrected chi connectivity index (χ4v) is 14.6. The minimum Gasteiger partial charge on any atom is -0.455 e. The van der Waals surface area contributed by atoms with E-state index in [0.29, 0.717) is 5.92 Å². The van der Waals surface area contributed by atoms with E-state index < -0.39 is 0 Å². The molecule has 2 unspecified atom stereocenters. The summed E-state index contributed by atoms with van der Waals surface area (Å²) in [5, 5.41) is 2.24. The van der Waals surface area contributed by atoms with Crippen molar-refractivity contribution in [2.75, 3.05) is 0 Å². The number of hydrogen-bond acceptors (Lipinski definition) is 3. The van der Waals surface area contributed by atoms with Crippen LogP contribution in [0.1, 0.15) is 124 Å². The summed E-state index contributed by atoms with van der Waals surface area (Å²) in [5.41, 5.74) is 25.3. The molecule has 7 aliphatic carbocycles. The number of aromatic nitrogens is 2. The highest BCUT2D eigenvalue weighted by Gasteiger charge is 2.50. The lowest BCUT2D eigenvalue weighted by Gasteiger charge is -2.37. The highest BCUT2D eigenvalue weighted by molar-refractivity contribution is 6.11. The summed E-state index contributed by atoms with van der Waals surface area (Å²) in [6.45, 7) is 0. The molecule has 2 aromatic heterocycles. The van der Waals surface area contributed by atoms with Gasteiger partial charge in [0.15, 0.2) is 0 Å². The van der Waals surface area contributed by atoms with Gasteiger partial charge in [-0.2, -0.15) is 0 Å². The molecule has 0 aliphatic heterocycles. The molecule has 0 bridgehead atoms. The number of allylic oxidation sites excluding steroid dienone is 6. The number of nitrogens with zero attached hydrogens (tertiary/aromatic N) is 2. The maximum atomic E-state index is 6.99. The first kappa shape index (κ1) is 39.4. The van der Waals surface area contributed by atoms with Crippen LogP contribution in [-0.4, -0.2) is 9.97 Å². The van der Waals surface area contributed by atoms with E-state index >= 15 is 0 Å². The van der Waals surface area contributed by atoms with Gasteiger partial charge in [0.05, 0.1) is 17.1 Å². The van der Waals surface area contributed by atoms with Gasteiger partial charge in [-0.3, -0.25) is 0 Å². The number of benzene rings is 6. The molecule has 3 fully saturated rings. The zero-order valence-corrected chi connectivity index (χ0v) is 38.9. The second-order valence-electron chi connectivity index (χ2n) is 21.5. The maximum Gasteiger partial charge on any atom is 0.144 e. The second kappa shape index (κ2) is 15.0. The molecular formula is C65H56N2O. The molecule has 8 aromatic rings. The van der Waals surface area contributed by atoms with Crippen LogP contribution in [0.5, 0.6) is 0 Å². The molecule has 68 heavy (non-hydrogen) atoms. The zero-order chi connectivity index (χ0) is 44.6. The van der Waals surface area contributed by atoms with Crippen molar-refractivity contribution in [3.63, 3.8) is 0 Å². The van der Waals surface area contributed by atoms with Crippen LogP contribution in [0.25, 0.3) is 89.1 Å². The third-order valence-electron chi connectivity index (χ3n) is 17.9. The van der Waals surface area contributed by atoms with Crippen LogP contribution in [0, 0.1) is 11.8 Å². The lowest BCUT2D eigenvalue weighted by atomic mass is 9.66. The predicted octanol–water partition coefficient (Wildman–Crippen LogP) is 17.4. The Labute approximate surface area is 399 Å². The molecule has 0 N–H and O–H groups in total. The highest BCUT2D eigenvalue weighted by atomic mass is 16.3. The summed E-state index contributed by atoms with van der Waals surface area (Å²) in [6, 6.07) is 47.7. The molecular weight excluding hydrogens is 825 g/mol. The Bertz CT molecular complexity index is 3500. The van der Waals surface area contributed by atoms with Gasteiger partial charge in [-0.05, 0) is 167 Å². The fourth-order valence-electron chi connectivity index (χ4n) is 14.6. The summed E-state index contributed by atoms with van der Waals surface area (Å²) in [4.78, 5) is 11.3. The van der Waals surface area contributed by atoms with Crippen molar-refractivity contribution < 1.29 is 4.42 Å². The quantitative estimate of drug-likeness (QED) is 0.173. The first-order valence-corrected chi connectivity index (χ1v) is 26.1. The van der Waals surface area contributed by atoms with Crippen molar-refractivity contribution in [2.45, 2.75) is 107 Å². The van der Waals surface area contributed by atoms with Crippen molar-refractivity contribution in [1.82, 2.24) is 9.97 Å². The lowest BCUT2D eigenvalue weighted by Crippen LogP contribution is -2.29. The van der Waals surface area contributed by atoms with E-state index in [0.717, 1.165) is 73.7 Å². The highest BCUT2D eigenvalue weighted by Crippen LogP contribution is 2.63. The van der Waals surface area contributed by atoms with E-state index in [4.69, 9.17) is 14.4 Å². The van der Waals surface area contributed by atoms with E-state index in [-0.39, 0.29) is 10.8 Å². The average Bonchev–Trinajstić information content (AvgIpc) is 3.95. The maximum absolute atomic E-state index is 6.99. The topological polar surface area (TPSA) is 38.9 Å². The van der Waals surface area contributed by atoms with Gasteiger partial charge in [0.1, 0.15) is 16.9 Å². The first-order chi connectivity index (χ1) is 33.6. The van der Waals surface area contributed by atoms with Gasteiger partial charge in [-0.25, -0.2) is 9.97 Å². The van der Waals surface area contributed by atoms with Crippen LogP contribution in [0.2, 0.25) is 0 Å². The Kier molecular flexibility index (Phi) is 8.67. The van der Waals surface area contributed by atoms with E-state index in [2.05, 4.69) is 146 Å². The molecule has 3 nitrogen and oxygen atoms in total. The number of fused-ring (bicyclic) bond motifs is 14. The van der Waals surface area contributed by atoms with E-state index in [1.165, 1.54) is 118 Å². The van der Waals surface area contributed by atoms with Crippen LogP contribution in [0.3, 0.4) is 0 Å². The first-order valence-electron chi connectivity index (χ1n) is 26.1. The van der Waals surface area contributed by atoms with Gasteiger partial charge in [0.2, 0.25) is 0 Å². The standard InChI is InChI=1S/C65H56N2O/c1-5-16-40(17-6-1)59-61(45-25-24-42-34-46(42)35-45)67-62(60(66-59)41-18-7-2-8-19-41)49-22-15-21-48-53-37-44(27-29-58(53)68-63(48)49)43-26-28-55-50(36-43)52-39-56-51(38-57(52)65(55)32-13-4-14-33-65)47-20-9-10-23-54(47)64(56)30-11-3-12-31-64/h1-2,5-8,15-23,26-29,35-39,42,46H,3-4,9-14,24-25,30-34H2. The number of rotatable bonds is 5. The summed E-state index contributed by atoms with van der Waals surface area (Å²) in [7, 11) is 0. The number of hydrogen-bond donors (Lipinski definition) is 0. The average molecular weight is 881 g/mol. The van der Waals surface area contributed by atoms with Crippen LogP contribution >= 0.6 is 0 Å². The smallest absolute Gasteiger partial charge is 0.144 e. The van der Waals surface area contributed by atoms with E-state index in [1.54, 1.807) is 33.4 Å². The van der Waals surface area contributed by atoms with E-state index in [1.807, 2.05) is 0 Å². The molecule has 332 valence electrons. The van der Waals surface area contributed by atoms with Gasteiger partial charge in [-0.15, -0.1) is 0 Å². The van der Waals surface area contributed by atoms with Crippen molar-refractivity contribution in [3.8, 4) is 56.0 Å². The molecule has 0 radical (unpaired) electrons. The molecule has 3 saturated carbocycles. The summed E-state index contributed by atoms with van der Waals surface area (Å²) in [6.07, 6.45) is 26.7. The molecule has 6 aromatic carbocycles. The Morgan fingerprint density at radius 2 is 1.15 bits per heavy atom. The fraction of sp³-hybridized carbons (Fsp3) is 0.292. The van der Waals surface area contributed by atoms with Gasteiger partial charge in [-0.1, -0.05) is 148 Å². The predicted molar refractivity (Wildman–Crippen MR) is 279 cm³/mol. The normalized spacial score (nSPS) is 21.4. The minimum atomic E-state index is 0.105. The van der Waals surface area contributed by atoms with Crippen LogP contribution in [0.15, 0.2) is 156 Å². The lowest BCUT2D eigenvalue weighted by molar-refractivity contribution is 0.349. The third-order valence-corrected chi connectivity index (χ3v) is 17.9. The molecule has 2 atom stereocenters. The molecule has 7 aliphatic rings. The monoisotopic (exact) mass is 880 g/mol. The summed E-state index contributed by atoms with van der Waals surface area (Å²) in [5.74, 6) is 1.50. The Morgan fingerprint density at radius 1 is 0.485 bits per heavy atom. The molecule has 2 heterocycles. The largest absolute Gasteiger partial charge is 0.455 e. The minimum absolute atomic E-state index is 0.105. The third kappa shape index (κ3) is 5.77. The number of para-hydroxylation sites is 1. The van der Waals surface area contributed by atoms with E-state index in [9.17, 15) is 0 Å². The Balaban J connectivity index is 0.884. The van der Waals surface area contributed by atoms with Crippen molar-refractivity contribution in [2.24, 2.45) is 11.8 Å². The summed E-state index contributed by atoms with van der Waals surface area (Å²) >= 11 is 0. The summed E-state index contributed by atoms with van der Waals surface area (Å²) < 4.78 is 6.99. The molecule has 3 heteroatoms.